The van der Waals surface area contributed by atoms with E-state index < -0.39 is 5.60 Å². The van der Waals surface area contributed by atoms with Crippen LogP contribution in [0.15, 0.2) is 0 Å². The molecule has 0 aliphatic carbocycles. The predicted octanol–water partition coefficient (Wildman–Crippen LogP) is 1.55. The largest absolute Gasteiger partial charge is 0.381 e. The Kier molecular flexibility index (Phi) is 3.09. The van der Waals surface area contributed by atoms with E-state index in [1.54, 1.807) is 0 Å². The van der Waals surface area contributed by atoms with Gasteiger partial charge in [-0.05, 0) is 20.8 Å². The molecule has 1 aliphatic heterocycles. The number of carbonyl (C=O) groups excluding carboxylic acids is 1. The topological polar surface area (TPSA) is 35.5 Å². The highest BCUT2D eigenvalue weighted by atomic mass is 16.5. The molecule has 0 aromatic rings. The zero-order valence-corrected chi connectivity index (χ0v) is 8.63. The Morgan fingerprint density at radius 3 is 2.23 bits per heavy atom. The molecule has 1 rings (SSSR count). The highest BCUT2D eigenvalue weighted by Gasteiger charge is 2.36. The minimum absolute atomic E-state index is 0.266. The van der Waals surface area contributed by atoms with Crippen molar-refractivity contribution in [3.63, 3.8) is 0 Å². The van der Waals surface area contributed by atoms with E-state index in [0.717, 1.165) is 6.29 Å². The zero-order valence-electron chi connectivity index (χ0n) is 8.63. The van der Waals surface area contributed by atoms with Crippen molar-refractivity contribution in [2.75, 3.05) is 13.2 Å². The molecule has 0 atom stereocenters. The van der Waals surface area contributed by atoms with Gasteiger partial charge in [0.15, 0.2) is 6.29 Å². The zero-order chi connectivity index (χ0) is 9.95. The fourth-order valence-corrected chi connectivity index (χ4v) is 1.57. The third-order valence-electron chi connectivity index (χ3n) is 2.06. The minimum atomic E-state index is -0.601. The maximum Gasteiger partial charge on any atom is 0.152 e. The molecule has 3 heteroatoms. The molecule has 1 aliphatic rings. The smallest absolute Gasteiger partial charge is 0.152 e. The van der Waals surface area contributed by atoms with Gasteiger partial charge >= 0.3 is 0 Å². The summed E-state index contributed by atoms with van der Waals surface area (Å²) in [5.74, 6) is 0. The van der Waals surface area contributed by atoms with Gasteiger partial charge in [0.1, 0.15) is 5.60 Å². The summed E-state index contributed by atoms with van der Waals surface area (Å²) >= 11 is 0. The van der Waals surface area contributed by atoms with Gasteiger partial charge in [0.05, 0.1) is 5.60 Å². The Bertz CT molecular complexity index is 175. The lowest BCUT2D eigenvalue weighted by molar-refractivity contribution is -0.173. The molecule has 0 radical (unpaired) electrons. The van der Waals surface area contributed by atoms with Crippen molar-refractivity contribution in [3.8, 4) is 0 Å². The second-order valence-electron chi connectivity index (χ2n) is 4.51. The average molecular weight is 186 g/mol. The number of carbonyl (C=O) groups is 1. The van der Waals surface area contributed by atoms with Crippen LogP contribution in [0.3, 0.4) is 0 Å². The van der Waals surface area contributed by atoms with Crippen LogP contribution in [0.25, 0.3) is 0 Å². The maximum absolute atomic E-state index is 11.0. The van der Waals surface area contributed by atoms with Crippen molar-refractivity contribution >= 4 is 6.29 Å². The SMILES string of the molecule is CC(C)(C)OC1(C=O)CCOCC1. The summed E-state index contributed by atoms with van der Waals surface area (Å²) in [6.07, 6.45) is 2.28. The summed E-state index contributed by atoms with van der Waals surface area (Å²) in [7, 11) is 0. The Hall–Kier alpha value is -0.410. The molecule has 0 spiro atoms. The molecule has 0 bridgehead atoms. The number of aldehydes is 1. The molecule has 1 heterocycles. The Balaban J connectivity index is 2.63. The van der Waals surface area contributed by atoms with E-state index >= 15 is 0 Å². The van der Waals surface area contributed by atoms with Crippen molar-refractivity contribution in [2.24, 2.45) is 0 Å². The predicted molar refractivity (Wildman–Crippen MR) is 49.7 cm³/mol. The molecular weight excluding hydrogens is 168 g/mol. The van der Waals surface area contributed by atoms with Crippen LogP contribution in [0.4, 0.5) is 0 Å². The van der Waals surface area contributed by atoms with E-state index in [9.17, 15) is 4.79 Å². The number of hydrogen-bond donors (Lipinski definition) is 0. The minimum Gasteiger partial charge on any atom is -0.381 e. The van der Waals surface area contributed by atoms with Gasteiger partial charge in [0, 0.05) is 26.1 Å². The van der Waals surface area contributed by atoms with Gasteiger partial charge in [-0.15, -0.1) is 0 Å². The normalized spacial score (nSPS) is 22.7. The first-order valence-corrected chi connectivity index (χ1v) is 4.72. The molecule has 0 aromatic heterocycles. The molecule has 0 N–H and O–H groups in total. The highest BCUT2D eigenvalue weighted by molar-refractivity contribution is 5.62. The van der Waals surface area contributed by atoms with Gasteiger partial charge in [-0.25, -0.2) is 0 Å². The standard InChI is InChI=1S/C10H18O3/c1-9(2,3)13-10(8-11)4-6-12-7-5-10/h8H,4-7H2,1-3H3. The lowest BCUT2D eigenvalue weighted by Crippen LogP contribution is -2.45. The van der Waals surface area contributed by atoms with Gasteiger partial charge in [-0.2, -0.15) is 0 Å². The summed E-state index contributed by atoms with van der Waals surface area (Å²) < 4.78 is 11.0. The van der Waals surface area contributed by atoms with Gasteiger partial charge in [-0.1, -0.05) is 0 Å². The van der Waals surface area contributed by atoms with Crippen LogP contribution < -0.4 is 0 Å². The molecule has 1 fully saturated rings. The maximum atomic E-state index is 11.0. The molecule has 0 unspecified atom stereocenters. The summed E-state index contributed by atoms with van der Waals surface area (Å²) in [4.78, 5) is 11.0. The van der Waals surface area contributed by atoms with Crippen LogP contribution in [0.1, 0.15) is 33.6 Å². The van der Waals surface area contributed by atoms with Gasteiger partial charge in [0.2, 0.25) is 0 Å². The number of ether oxygens (including phenoxy) is 2. The molecule has 1 saturated heterocycles. The van der Waals surface area contributed by atoms with Crippen molar-refractivity contribution in [2.45, 2.75) is 44.8 Å². The van der Waals surface area contributed by atoms with E-state index in [1.165, 1.54) is 0 Å². The van der Waals surface area contributed by atoms with Crippen molar-refractivity contribution in [1.29, 1.82) is 0 Å². The Labute approximate surface area is 79.4 Å². The van der Waals surface area contributed by atoms with Crippen LogP contribution in [0.5, 0.6) is 0 Å². The molecule has 3 nitrogen and oxygen atoms in total. The first-order valence-electron chi connectivity index (χ1n) is 4.72. The summed E-state index contributed by atoms with van der Waals surface area (Å²) in [5, 5.41) is 0. The molecule has 13 heavy (non-hydrogen) atoms. The van der Waals surface area contributed by atoms with Crippen molar-refractivity contribution < 1.29 is 14.3 Å². The van der Waals surface area contributed by atoms with E-state index in [4.69, 9.17) is 9.47 Å². The third kappa shape index (κ3) is 3.08. The fourth-order valence-electron chi connectivity index (χ4n) is 1.57. The first-order chi connectivity index (χ1) is 5.97. The lowest BCUT2D eigenvalue weighted by atomic mass is 9.94. The van der Waals surface area contributed by atoms with Crippen LogP contribution in [0.2, 0.25) is 0 Å². The molecule has 0 saturated carbocycles. The average Bonchev–Trinajstić information content (AvgIpc) is 2.03. The molecular formula is C10H18O3. The van der Waals surface area contributed by atoms with Crippen LogP contribution in [-0.2, 0) is 14.3 Å². The number of rotatable bonds is 2. The van der Waals surface area contributed by atoms with Crippen molar-refractivity contribution in [3.05, 3.63) is 0 Å². The molecule has 0 aromatic carbocycles. The van der Waals surface area contributed by atoms with E-state index in [0.29, 0.717) is 26.1 Å². The van der Waals surface area contributed by atoms with Gasteiger partial charge in [-0.3, -0.25) is 0 Å². The molecule has 76 valence electrons. The monoisotopic (exact) mass is 186 g/mol. The van der Waals surface area contributed by atoms with Crippen molar-refractivity contribution in [1.82, 2.24) is 0 Å². The van der Waals surface area contributed by atoms with Gasteiger partial charge in [0.25, 0.3) is 0 Å². The van der Waals surface area contributed by atoms with E-state index in [2.05, 4.69) is 0 Å². The number of hydrogen-bond acceptors (Lipinski definition) is 3. The lowest BCUT2D eigenvalue weighted by Gasteiger charge is -2.37. The van der Waals surface area contributed by atoms with Crippen LogP contribution in [0, 0.1) is 0 Å². The third-order valence-corrected chi connectivity index (χ3v) is 2.06. The Morgan fingerprint density at radius 1 is 1.31 bits per heavy atom. The second kappa shape index (κ2) is 3.76. The Morgan fingerprint density at radius 2 is 1.85 bits per heavy atom. The van der Waals surface area contributed by atoms with Gasteiger partial charge < -0.3 is 14.3 Å². The van der Waals surface area contributed by atoms with E-state index in [-0.39, 0.29) is 5.60 Å². The summed E-state index contributed by atoms with van der Waals surface area (Å²) in [6, 6.07) is 0. The van der Waals surface area contributed by atoms with E-state index in [1.807, 2.05) is 20.8 Å². The summed E-state index contributed by atoms with van der Waals surface area (Å²) in [5.41, 5.74) is -0.866. The van der Waals surface area contributed by atoms with Crippen LogP contribution in [-0.4, -0.2) is 30.7 Å². The second-order valence-corrected chi connectivity index (χ2v) is 4.51. The quantitative estimate of drug-likeness (QED) is 0.614. The molecule has 0 amide bonds. The fraction of sp³-hybridized carbons (Fsp3) is 0.900. The highest BCUT2D eigenvalue weighted by Crippen LogP contribution is 2.28. The van der Waals surface area contributed by atoms with Crippen LogP contribution >= 0.6 is 0 Å². The first kappa shape index (κ1) is 10.7. The summed E-state index contributed by atoms with van der Waals surface area (Å²) in [6.45, 7) is 7.14.